The molecule has 4 rings (SSSR count). The molecule has 1 aromatic carbocycles. The molecule has 2 aliphatic heterocycles. The summed E-state index contributed by atoms with van der Waals surface area (Å²) in [6.07, 6.45) is 10.1. The van der Waals surface area contributed by atoms with E-state index in [1.807, 2.05) is 24.5 Å². The lowest BCUT2D eigenvalue weighted by molar-refractivity contribution is -0.136. The summed E-state index contributed by atoms with van der Waals surface area (Å²) in [6, 6.07) is 4.86. The second-order valence-corrected chi connectivity index (χ2v) is 8.41. The maximum atomic E-state index is 12.7. The number of carbonyl (C=O) groups is 3. The largest absolute Gasteiger partial charge is 0.494 e. The van der Waals surface area contributed by atoms with E-state index in [4.69, 9.17) is 4.74 Å². The van der Waals surface area contributed by atoms with Crippen LogP contribution < -0.4 is 15.4 Å². The van der Waals surface area contributed by atoms with Crippen molar-refractivity contribution in [3.63, 3.8) is 0 Å². The van der Waals surface area contributed by atoms with E-state index >= 15 is 0 Å². The number of benzene rings is 1. The van der Waals surface area contributed by atoms with E-state index in [1.54, 1.807) is 11.0 Å². The molecule has 0 bridgehead atoms. The predicted octanol–water partition coefficient (Wildman–Crippen LogP) is 1.97. The number of aromatic nitrogens is 2. The Kier molecular flexibility index (Phi) is 7.62. The topological polar surface area (TPSA) is 114 Å². The molecule has 3 heterocycles. The number of amides is 3. The van der Waals surface area contributed by atoms with E-state index in [0.29, 0.717) is 25.1 Å². The minimum atomic E-state index is -0.595. The Morgan fingerprint density at radius 2 is 1.91 bits per heavy atom. The lowest BCUT2D eigenvalue weighted by atomic mass is 10.0. The van der Waals surface area contributed by atoms with Gasteiger partial charge in [0.05, 0.1) is 6.61 Å². The third-order valence-electron chi connectivity index (χ3n) is 5.95. The molecule has 174 valence electrons. The number of ether oxygens (including phenoxy) is 1. The fraction of sp³-hybridized carbons (Fsp3) is 0.458. The highest BCUT2D eigenvalue weighted by Crippen LogP contribution is 2.30. The van der Waals surface area contributed by atoms with Crippen LogP contribution in [0.25, 0.3) is 0 Å². The van der Waals surface area contributed by atoms with Gasteiger partial charge in [-0.1, -0.05) is 12.8 Å². The van der Waals surface area contributed by atoms with E-state index in [0.717, 1.165) is 55.6 Å². The predicted molar refractivity (Wildman–Crippen MR) is 120 cm³/mol. The van der Waals surface area contributed by atoms with Crippen molar-refractivity contribution in [3.8, 4) is 5.75 Å². The summed E-state index contributed by atoms with van der Waals surface area (Å²) in [6.45, 7) is 2.72. The molecule has 9 heteroatoms. The third kappa shape index (κ3) is 5.92. The average molecular weight is 452 g/mol. The number of fused-ring (bicyclic) bond motifs is 1. The van der Waals surface area contributed by atoms with E-state index in [1.165, 1.54) is 6.33 Å². The zero-order valence-electron chi connectivity index (χ0n) is 18.6. The monoisotopic (exact) mass is 451 g/mol. The first-order valence-corrected chi connectivity index (χ1v) is 11.5. The summed E-state index contributed by atoms with van der Waals surface area (Å²) < 4.78 is 5.88. The summed E-state index contributed by atoms with van der Waals surface area (Å²) in [7, 11) is 0. The number of carbonyl (C=O) groups excluding carboxylic acids is 3. The molecule has 0 saturated carbocycles. The first-order valence-electron chi connectivity index (χ1n) is 11.5. The quantitative estimate of drug-likeness (QED) is 0.397. The second kappa shape index (κ2) is 11.0. The molecule has 1 fully saturated rings. The molecule has 1 unspecified atom stereocenters. The molecule has 2 aromatic rings. The van der Waals surface area contributed by atoms with Gasteiger partial charge in [-0.2, -0.15) is 0 Å². The van der Waals surface area contributed by atoms with E-state index in [2.05, 4.69) is 20.6 Å². The van der Waals surface area contributed by atoms with Crippen LogP contribution in [-0.4, -0.2) is 51.8 Å². The Morgan fingerprint density at radius 3 is 2.73 bits per heavy atom. The highest BCUT2D eigenvalue weighted by atomic mass is 16.5. The van der Waals surface area contributed by atoms with Crippen LogP contribution in [0, 0.1) is 0 Å². The number of hydrogen-bond donors (Lipinski definition) is 2. The SMILES string of the molecule is O=C1CCC(N2Cc3cc(OCCCCCCNCc4cncnc4)ccc3C2=O)C(=O)N1. The standard InChI is InChI=1S/C24H29N5O4/c30-22-8-7-21(23(31)28-22)29-15-18-11-19(5-6-20(18)24(29)32)33-10-4-2-1-3-9-25-12-17-13-26-16-27-14-17/h5-6,11,13-14,16,21,25H,1-4,7-10,12,15H2,(H,28,30,31). The normalized spacial score (nSPS) is 17.8. The second-order valence-electron chi connectivity index (χ2n) is 8.41. The Hall–Kier alpha value is -3.33. The van der Waals surface area contributed by atoms with E-state index in [9.17, 15) is 14.4 Å². The zero-order chi connectivity index (χ0) is 23.0. The van der Waals surface area contributed by atoms with Gasteiger partial charge in [0.1, 0.15) is 18.1 Å². The van der Waals surface area contributed by atoms with Crippen LogP contribution in [0.5, 0.6) is 5.75 Å². The Balaban J connectivity index is 1.14. The first-order chi connectivity index (χ1) is 16.1. The molecule has 0 spiro atoms. The van der Waals surface area contributed by atoms with Gasteiger partial charge in [-0.05, 0) is 49.6 Å². The van der Waals surface area contributed by atoms with Crippen molar-refractivity contribution in [2.75, 3.05) is 13.2 Å². The van der Waals surface area contributed by atoms with Crippen molar-refractivity contribution < 1.29 is 19.1 Å². The molecule has 9 nitrogen and oxygen atoms in total. The fourth-order valence-corrected chi connectivity index (χ4v) is 4.19. The van der Waals surface area contributed by atoms with Gasteiger partial charge in [0.25, 0.3) is 5.91 Å². The number of nitrogens with one attached hydrogen (secondary N) is 2. The Morgan fingerprint density at radius 1 is 1.09 bits per heavy atom. The summed E-state index contributed by atoms with van der Waals surface area (Å²) in [5.74, 6) is -0.110. The number of imide groups is 1. The highest BCUT2D eigenvalue weighted by Gasteiger charge is 2.39. The number of unbranched alkanes of at least 4 members (excludes halogenated alkanes) is 3. The number of piperidine rings is 1. The molecule has 2 aliphatic rings. The van der Waals surface area contributed by atoms with Crippen LogP contribution in [-0.2, 0) is 22.7 Å². The van der Waals surface area contributed by atoms with E-state index < -0.39 is 11.9 Å². The average Bonchev–Trinajstić information content (AvgIpc) is 3.14. The van der Waals surface area contributed by atoms with Gasteiger partial charge in [-0.3, -0.25) is 19.7 Å². The molecule has 0 aliphatic carbocycles. The lowest BCUT2D eigenvalue weighted by Crippen LogP contribution is -2.52. The number of hydrogen-bond acceptors (Lipinski definition) is 7. The van der Waals surface area contributed by atoms with Crippen molar-refractivity contribution in [2.45, 2.75) is 57.7 Å². The van der Waals surface area contributed by atoms with Gasteiger partial charge in [-0.25, -0.2) is 9.97 Å². The zero-order valence-corrected chi connectivity index (χ0v) is 18.6. The molecule has 1 atom stereocenters. The summed E-state index contributed by atoms with van der Waals surface area (Å²) in [5.41, 5.74) is 2.54. The Labute approximate surface area is 192 Å². The lowest BCUT2D eigenvalue weighted by Gasteiger charge is -2.29. The Bertz CT molecular complexity index is 998. The smallest absolute Gasteiger partial charge is 0.255 e. The van der Waals surface area contributed by atoms with Crippen LogP contribution in [0.4, 0.5) is 0 Å². The van der Waals surface area contributed by atoms with Crippen molar-refractivity contribution in [2.24, 2.45) is 0 Å². The van der Waals surface area contributed by atoms with Crippen molar-refractivity contribution in [1.82, 2.24) is 25.5 Å². The minimum Gasteiger partial charge on any atom is -0.494 e. The van der Waals surface area contributed by atoms with Gasteiger partial charge in [0.2, 0.25) is 11.8 Å². The molecule has 1 saturated heterocycles. The molecular weight excluding hydrogens is 422 g/mol. The molecule has 33 heavy (non-hydrogen) atoms. The molecule has 3 amide bonds. The van der Waals surface area contributed by atoms with Crippen molar-refractivity contribution >= 4 is 17.7 Å². The van der Waals surface area contributed by atoms with Crippen molar-refractivity contribution in [1.29, 1.82) is 0 Å². The fourth-order valence-electron chi connectivity index (χ4n) is 4.19. The molecule has 0 radical (unpaired) electrons. The van der Waals surface area contributed by atoms with Crippen LogP contribution in [0.2, 0.25) is 0 Å². The van der Waals surface area contributed by atoms with Gasteiger partial charge in [0, 0.05) is 43.0 Å². The van der Waals surface area contributed by atoms with Gasteiger partial charge < -0.3 is 15.0 Å². The molecule has 2 N–H and O–H groups in total. The van der Waals surface area contributed by atoms with Crippen LogP contribution in [0.1, 0.15) is 60.0 Å². The van der Waals surface area contributed by atoms with Gasteiger partial charge in [0.15, 0.2) is 0 Å². The summed E-state index contributed by atoms with van der Waals surface area (Å²) >= 11 is 0. The molecule has 1 aromatic heterocycles. The first kappa shape index (κ1) is 22.8. The maximum Gasteiger partial charge on any atom is 0.255 e. The highest BCUT2D eigenvalue weighted by molar-refractivity contribution is 6.05. The van der Waals surface area contributed by atoms with Gasteiger partial charge >= 0.3 is 0 Å². The number of nitrogens with zero attached hydrogens (tertiary/aromatic N) is 3. The van der Waals surface area contributed by atoms with Crippen LogP contribution in [0.15, 0.2) is 36.9 Å². The third-order valence-corrected chi connectivity index (χ3v) is 5.95. The minimum absolute atomic E-state index is 0.167. The molecular formula is C24H29N5O4. The number of rotatable bonds is 11. The van der Waals surface area contributed by atoms with Crippen molar-refractivity contribution in [3.05, 3.63) is 53.6 Å². The van der Waals surface area contributed by atoms with Crippen LogP contribution in [0.3, 0.4) is 0 Å². The summed E-state index contributed by atoms with van der Waals surface area (Å²) in [4.78, 5) is 45.8. The maximum absolute atomic E-state index is 12.7. The van der Waals surface area contributed by atoms with Crippen LogP contribution >= 0.6 is 0 Å². The van der Waals surface area contributed by atoms with Gasteiger partial charge in [-0.15, -0.1) is 0 Å². The van der Waals surface area contributed by atoms with E-state index in [-0.39, 0.29) is 18.2 Å². The summed E-state index contributed by atoms with van der Waals surface area (Å²) in [5, 5.41) is 5.72.